The van der Waals surface area contributed by atoms with Gasteiger partial charge in [-0.3, -0.25) is 19.2 Å². The van der Waals surface area contributed by atoms with E-state index in [0.717, 1.165) is 6.42 Å². The summed E-state index contributed by atoms with van der Waals surface area (Å²) in [5.41, 5.74) is 11.8. The van der Waals surface area contributed by atoms with Crippen LogP contribution in [-0.4, -0.2) is 91.9 Å². The number of aliphatic hydroxyl groups is 1. The molecule has 1 rings (SSSR count). The molecule has 1 fully saturated rings. The van der Waals surface area contributed by atoms with Crippen molar-refractivity contribution in [1.29, 1.82) is 0 Å². The topological polar surface area (TPSA) is 266 Å². The fourth-order valence-corrected chi connectivity index (χ4v) is 1.92. The average Bonchev–Trinajstić information content (AvgIpc) is 3.06. The molecule has 1 aliphatic heterocycles. The summed E-state index contributed by atoms with van der Waals surface area (Å²) in [6.45, 7) is 0.953. The van der Waals surface area contributed by atoms with E-state index in [1.54, 1.807) is 5.48 Å². The van der Waals surface area contributed by atoms with E-state index in [1.165, 1.54) is 0 Å². The van der Waals surface area contributed by atoms with Crippen molar-refractivity contribution in [2.24, 2.45) is 11.5 Å². The molecule has 1 saturated heterocycles. The van der Waals surface area contributed by atoms with E-state index in [1.807, 2.05) is 0 Å². The van der Waals surface area contributed by atoms with Gasteiger partial charge in [-0.15, -0.1) is 0 Å². The molecule has 0 saturated carbocycles. The number of carbonyl (C=O) groups is 4. The van der Waals surface area contributed by atoms with Crippen LogP contribution in [0.1, 0.15) is 32.1 Å². The molecule has 29 heavy (non-hydrogen) atoms. The Balaban J connectivity index is 0. The predicted octanol–water partition coefficient (Wildman–Crippen LogP) is -2.79. The number of carboxylic acid groups (broad SMARTS) is 4. The zero-order valence-electron chi connectivity index (χ0n) is 15.7. The van der Waals surface area contributed by atoms with Crippen LogP contribution in [0, 0.1) is 0 Å². The van der Waals surface area contributed by atoms with Crippen molar-refractivity contribution in [2.75, 3.05) is 13.1 Å². The molecule has 0 radical (unpaired) electrons. The third-order valence-electron chi connectivity index (χ3n) is 3.52. The van der Waals surface area contributed by atoms with Gasteiger partial charge in [0.05, 0.1) is 12.5 Å². The van der Waals surface area contributed by atoms with Crippen molar-refractivity contribution >= 4 is 23.9 Å². The molecule has 14 heteroatoms. The first-order valence-corrected chi connectivity index (χ1v) is 8.63. The van der Waals surface area contributed by atoms with E-state index in [4.69, 9.17) is 42.2 Å². The molecule has 4 atom stereocenters. The average molecular weight is 426 g/mol. The van der Waals surface area contributed by atoms with Crippen molar-refractivity contribution < 1.29 is 49.9 Å². The second-order valence-electron chi connectivity index (χ2n) is 6.04. The zero-order chi connectivity index (χ0) is 23.0. The minimum Gasteiger partial charge on any atom is -0.481 e. The molecule has 0 amide bonds. The molecule has 0 bridgehead atoms. The van der Waals surface area contributed by atoms with Crippen molar-refractivity contribution in [2.45, 2.75) is 56.3 Å². The zero-order valence-corrected chi connectivity index (χ0v) is 15.7. The van der Waals surface area contributed by atoms with Gasteiger partial charge in [0.15, 0.2) is 0 Å². The van der Waals surface area contributed by atoms with Gasteiger partial charge in [0.2, 0.25) is 0 Å². The number of hydroxylamine groups is 1. The normalized spacial score (nSPS) is 19.6. The number of aliphatic carboxylic acids is 4. The Labute approximate surface area is 166 Å². The summed E-state index contributed by atoms with van der Waals surface area (Å²) in [6.07, 6.45) is 1.21. The standard InChI is InChI=1S/C6H14N2O3.C5H9NO3.C4H7NO4/c7-4-2-1-3-5(8-11)6(9)10;7-3-1-4(5(8)9)6-2-3;5-2(4(8)9)1-3(6)7/h5,8,11H,1-4,7H2,(H,9,10);3-4,6-7H,1-2H2,(H,8,9);2H,1,5H2,(H,6,7)(H,8,9). The number of hydrogen-bond donors (Lipinski definition) is 10. The number of carboxylic acids is 4. The van der Waals surface area contributed by atoms with Gasteiger partial charge >= 0.3 is 23.9 Å². The summed E-state index contributed by atoms with van der Waals surface area (Å²) in [5.74, 6) is -4.42. The Kier molecular flexibility index (Phi) is 16.5. The largest absolute Gasteiger partial charge is 0.481 e. The molecular weight excluding hydrogens is 396 g/mol. The van der Waals surface area contributed by atoms with Crippen LogP contribution in [0.25, 0.3) is 0 Å². The lowest BCUT2D eigenvalue weighted by Gasteiger charge is -2.08. The van der Waals surface area contributed by atoms with Gasteiger partial charge in [0.1, 0.15) is 18.1 Å². The van der Waals surface area contributed by atoms with Crippen LogP contribution in [0.4, 0.5) is 0 Å². The second kappa shape index (κ2) is 16.6. The molecule has 4 unspecified atom stereocenters. The van der Waals surface area contributed by atoms with E-state index in [9.17, 15) is 19.2 Å². The number of hydrogen-bond acceptors (Lipinski definition) is 10. The summed E-state index contributed by atoms with van der Waals surface area (Å²) < 4.78 is 0. The molecule has 14 nitrogen and oxygen atoms in total. The molecule has 0 aromatic carbocycles. The van der Waals surface area contributed by atoms with Gasteiger partial charge in [-0.05, 0) is 25.8 Å². The third kappa shape index (κ3) is 16.3. The molecule has 0 spiro atoms. The van der Waals surface area contributed by atoms with Crippen LogP contribution in [0.2, 0.25) is 0 Å². The van der Waals surface area contributed by atoms with E-state index >= 15 is 0 Å². The Hall–Kier alpha value is -2.36. The van der Waals surface area contributed by atoms with Crippen LogP contribution < -0.4 is 22.3 Å². The Morgan fingerprint density at radius 2 is 1.66 bits per heavy atom. The first-order valence-electron chi connectivity index (χ1n) is 8.63. The fraction of sp³-hybridized carbons (Fsp3) is 0.733. The van der Waals surface area contributed by atoms with E-state index in [0.29, 0.717) is 32.4 Å². The van der Waals surface area contributed by atoms with Crippen LogP contribution in [0.15, 0.2) is 0 Å². The summed E-state index contributed by atoms with van der Waals surface area (Å²) in [5, 5.41) is 52.6. The fourth-order valence-electron chi connectivity index (χ4n) is 1.92. The number of nitrogens with two attached hydrogens (primary N) is 2. The smallest absolute Gasteiger partial charge is 0.323 e. The predicted molar refractivity (Wildman–Crippen MR) is 97.2 cm³/mol. The quantitative estimate of drug-likeness (QED) is 0.125. The van der Waals surface area contributed by atoms with Gasteiger partial charge in [-0.25, -0.2) is 0 Å². The summed E-state index contributed by atoms with van der Waals surface area (Å²) in [4.78, 5) is 40.1. The molecule has 170 valence electrons. The summed E-state index contributed by atoms with van der Waals surface area (Å²) in [7, 11) is 0. The van der Waals surface area contributed by atoms with Gasteiger partial charge in [0, 0.05) is 13.0 Å². The van der Waals surface area contributed by atoms with Crippen LogP contribution in [0.3, 0.4) is 0 Å². The molecule has 0 aromatic heterocycles. The number of nitrogens with one attached hydrogen (secondary N) is 2. The van der Waals surface area contributed by atoms with Gasteiger partial charge in [0.25, 0.3) is 0 Å². The number of rotatable bonds is 10. The van der Waals surface area contributed by atoms with Crippen molar-refractivity contribution in [3.05, 3.63) is 0 Å². The molecular formula is C15H30N4O10. The van der Waals surface area contributed by atoms with E-state index in [2.05, 4.69) is 5.32 Å². The maximum absolute atomic E-state index is 10.3. The first kappa shape index (κ1) is 28.8. The molecule has 0 aromatic rings. The summed E-state index contributed by atoms with van der Waals surface area (Å²) in [6, 6.07) is -2.69. The first-order chi connectivity index (χ1) is 13.5. The van der Waals surface area contributed by atoms with Crippen LogP contribution in [0.5, 0.6) is 0 Å². The summed E-state index contributed by atoms with van der Waals surface area (Å²) >= 11 is 0. The van der Waals surface area contributed by atoms with Gasteiger partial charge in [-0.1, -0.05) is 0 Å². The highest BCUT2D eigenvalue weighted by Crippen LogP contribution is 2.05. The lowest BCUT2D eigenvalue weighted by Crippen LogP contribution is -2.34. The molecule has 12 N–H and O–H groups in total. The van der Waals surface area contributed by atoms with Gasteiger partial charge < -0.3 is 47.5 Å². The maximum Gasteiger partial charge on any atom is 0.323 e. The number of aliphatic hydroxyl groups excluding tert-OH is 1. The Bertz CT molecular complexity index is 519. The van der Waals surface area contributed by atoms with E-state index < -0.39 is 54.5 Å². The highest BCUT2D eigenvalue weighted by molar-refractivity contribution is 5.80. The SMILES string of the molecule is NC(CC(=O)O)C(=O)O.NCCCCC(NO)C(=O)O.O=C(O)C1CC(O)CN1. The van der Waals surface area contributed by atoms with Gasteiger partial charge in [-0.2, -0.15) is 5.48 Å². The van der Waals surface area contributed by atoms with Crippen LogP contribution in [-0.2, 0) is 19.2 Å². The Morgan fingerprint density at radius 3 is 1.90 bits per heavy atom. The Morgan fingerprint density at radius 1 is 1.07 bits per heavy atom. The minimum absolute atomic E-state index is 0.329. The van der Waals surface area contributed by atoms with Crippen molar-refractivity contribution in [3.8, 4) is 0 Å². The number of β-amino-alcohol motifs (C(OH)–C–C–N with tert-alkyl or cyclic N) is 1. The number of unbranched alkanes of at least 4 members (excludes halogenated alkanes) is 1. The minimum atomic E-state index is -1.29. The lowest BCUT2D eigenvalue weighted by atomic mass is 10.1. The monoisotopic (exact) mass is 426 g/mol. The highest BCUT2D eigenvalue weighted by atomic mass is 16.5. The van der Waals surface area contributed by atoms with Crippen molar-refractivity contribution in [3.63, 3.8) is 0 Å². The maximum atomic E-state index is 10.3. The molecule has 0 aliphatic carbocycles. The third-order valence-corrected chi connectivity index (χ3v) is 3.52. The van der Waals surface area contributed by atoms with E-state index in [-0.39, 0.29) is 0 Å². The van der Waals surface area contributed by atoms with Crippen molar-refractivity contribution in [1.82, 2.24) is 10.8 Å². The molecule has 1 aliphatic rings. The lowest BCUT2D eigenvalue weighted by molar-refractivity contribution is -0.144. The molecule has 1 heterocycles. The second-order valence-corrected chi connectivity index (χ2v) is 6.04. The van der Waals surface area contributed by atoms with Crippen LogP contribution >= 0.6 is 0 Å². The highest BCUT2D eigenvalue weighted by Gasteiger charge is 2.27.